The molecule has 5 heteroatoms. The van der Waals surface area contributed by atoms with E-state index in [1.165, 1.54) is 6.08 Å². The van der Waals surface area contributed by atoms with Crippen molar-refractivity contribution in [2.75, 3.05) is 32.7 Å². The zero-order valence-corrected chi connectivity index (χ0v) is 13.4. The number of hydrogen-bond acceptors (Lipinski definition) is 3. The van der Waals surface area contributed by atoms with Gasteiger partial charge in [-0.15, -0.1) is 6.58 Å². The first-order valence-electron chi connectivity index (χ1n) is 6.89. The Morgan fingerprint density at radius 1 is 1.33 bits per heavy atom. The molecule has 1 aliphatic heterocycles. The molecule has 2 rings (SSSR count). The molecule has 0 saturated carbocycles. The van der Waals surface area contributed by atoms with Crippen LogP contribution in [0.25, 0.3) is 6.08 Å². The molecular formula is C16H19BrN2O2. The molecule has 1 saturated heterocycles. The Kier molecular flexibility index (Phi) is 5.59. The fourth-order valence-corrected chi connectivity index (χ4v) is 2.64. The van der Waals surface area contributed by atoms with E-state index in [9.17, 15) is 9.90 Å². The summed E-state index contributed by atoms with van der Waals surface area (Å²) in [5, 5.41) is 9.74. The normalized spacial score (nSPS) is 16.3. The van der Waals surface area contributed by atoms with Gasteiger partial charge in [0.15, 0.2) is 0 Å². The molecule has 1 amide bonds. The summed E-state index contributed by atoms with van der Waals surface area (Å²) < 4.78 is 0.866. The summed E-state index contributed by atoms with van der Waals surface area (Å²) in [6, 6.07) is 5.14. The van der Waals surface area contributed by atoms with E-state index in [0.29, 0.717) is 5.56 Å². The number of nitrogens with zero attached hydrogens (tertiary/aromatic N) is 2. The first-order valence-corrected chi connectivity index (χ1v) is 7.68. The standard InChI is InChI=1S/C16H19BrN2O2/c1-2-7-18-8-10-19(11-9-18)16(21)6-3-13-12-14(17)4-5-15(13)20/h2-6,12,20H,1,7-11H2/b6-3+. The molecule has 1 aromatic rings. The monoisotopic (exact) mass is 350 g/mol. The highest BCUT2D eigenvalue weighted by molar-refractivity contribution is 9.10. The number of phenols is 1. The minimum absolute atomic E-state index is 0.0207. The molecule has 0 atom stereocenters. The van der Waals surface area contributed by atoms with Gasteiger partial charge in [0.25, 0.3) is 0 Å². The third kappa shape index (κ3) is 4.44. The SMILES string of the molecule is C=CCN1CCN(C(=O)/C=C/c2cc(Br)ccc2O)CC1. The molecule has 0 aliphatic carbocycles. The molecule has 1 aliphatic rings. The van der Waals surface area contributed by atoms with Crippen LogP contribution in [0.1, 0.15) is 5.56 Å². The van der Waals surface area contributed by atoms with Crippen LogP contribution in [0.5, 0.6) is 5.75 Å². The summed E-state index contributed by atoms with van der Waals surface area (Å²) in [4.78, 5) is 16.2. The Bertz CT molecular complexity index is 549. The van der Waals surface area contributed by atoms with Crippen molar-refractivity contribution in [3.05, 3.63) is 47.0 Å². The van der Waals surface area contributed by atoms with Crippen LogP contribution >= 0.6 is 15.9 Å². The van der Waals surface area contributed by atoms with E-state index < -0.39 is 0 Å². The Balaban J connectivity index is 1.94. The molecule has 1 aromatic carbocycles. The van der Waals surface area contributed by atoms with Crippen LogP contribution in [0.15, 0.2) is 41.4 Å². The Morgan fingerprint density at radius 3 is 2.71 bits per heavy atom. The average Bonchev–Trinajstić information content (AvgIpc) is 2.49. The Hall–Kier alpha value is -1.59. The van der Waals surface area contributed by atoms with Gasteiger partial charge < -0.3 is 10.0 Å². The third-order valence-electron chi connectivity index (χ3n) is 3.47. The van der Waals surface area contributed by atoms with Crippen molar-refractivity contribution in [3.8, 4) is 5.75 Å². The van der Waals surface area contributed by atoms with Gasteiger partial charge in [-0.2, -0.15) is 0 Å². The van der Waals surface area contributed by atoms with E-state index in [0.717, 1.165) is 37.2 Å². The number of halogens is 1. The van der Waals surface area contributed by atoms with Crippen molar-refractivity contribution in [2.45, 2.75) is 0 Å². The van der Waals surface area contributed by atoms with Gasteiger partial charge in [-0.3, -0.25) is 9.69 Å². The van der Waals surface area contributed by atoms with Gasteiger partial charge in [0.1, 0.15) is 5.75 Å². The molecule has 4 nitrogen and oxygen atoms in total. The maximum Gasteiger partial charge on any atom is 0.246 e. The summed E-state index contributed by atoms with van der Waals surface area (Å²) >= 11 is 3.35. The van der Waals surface area contributed by atoms with E-state index in [1.54, 1.807) is 24.3 Å². The summed E-state index contributed by atoms with van der Waals surface area (Å²) in [5.41, 5.74) is 0.628. The number of phenolic OH excluding ortho intramolecular Hbond substituents is 1. The number of piperazine rings is 1. The van der Waals surface area contributed by atoms with Crippen LogP contribution in [-0.4, -0.2) is 53.5 Å². The molecule has 112 valence electrons. The topological polar surface area (TPSA) is 43.8 Å². The summed E-state index contributed by atoms with van der Waals surface area (Å²) in [6.07, 6.45) is 5.05. The number of amides is 1. The first kappa shape index (κ1) is 15.8. The molecular weight excluding hydrogens is 332 g/mol. The van der Waals surface area contributed by atoms with Crippen molar-refractivity contribution in [2.24, 2.45) is 0 Å². The molecule has 0 spiro atoms. The molecule has 21 heavy (non-hydrogen) atoms. The molecule has 1 N–H and O–H groups in total. The minimum atomic E-state index is -0.0207. The number of aromatic hydroxyl groups is 1. The molecule has 0 bridgehead atoms. The number of rotatable bonds is 4. The second-order valence-electron chi connectivity index (χ2n) is 4.95. The van der Waals surface area contributed by atoms with Crippen LogP contribution in [0, 0.1) is 0 Å². The van der Waals surface area contributed by atoms with E-state index in [1.807, 2.05) is 11.0 Å². The van der Waals surface area contributed by atoms with E-state index >= 15 is 0 Å². The quantitative estimate of drug-likeness (QED) is 0.670. The van der Waals surface area contributed by atoms with Gasteiger partial charge in [-0.05, 0) is 24.3 Å². The molecule has 0 unspecified atom stereocenters. The molecule has 1 heterocycles. The third-order valence-corrected chi connectivity index (χ3v) is 3.96. The summed E-state index contributed by atoms with van der Waals surface area (Å²) in [7, 11) is 0. The molecule has 0 aromatic heterocycles. The molecule has 0 radical (unpaired) electrons. The van der Waals surface area contributed by atoms with Gasteiger partial charge in [0.05, 0.1) is 0 Å². The Morgan fingerprint density at radius 2 is 2.05 bits per heavy atom. The predicted molar refractivity (Wildman–Crippen MR) is 88.1 cm³/mol. The fourth-order valence-electron chi connectivity index (χ4n) is 2.26. The highest BCUT2D eigenvalue weighted by Gasteiger charge is 2.18. The highest BCUT2D eigenvalue weighted by atomic mass is 79.9. The van der Waals surface area contributed by atoms with Crippen LogP contribution in [-0.2, 0) is 4.79 Å². The van der Waals surface area contributed by atoms with Gasteiger partial charge in [-0.1, -0.05) is 22.0 Å². The lowest BCUT2D eigenvalue weighted by Gasteiger charge is -2.33. The van der Waals surface area contributed by atoms with Crippen LogP contribution in [0.2, 0.25) is 0 Å². The van der Waals surface area contributed by atoms with Gasteiger partial charge in [0, 0.05) is 48.8 Å². The van der Waals surface area contributed by atoms with Gasteiger partial charge >= 0.3 is 0 Å². The second kappa shape index (κ2) is 7.43. The van der Waals surface area contributed by atoms with Crippen molar-refractivity contribution >= 4 is 27.9 Å². The molecule has 1 fully saturated rings. The average molecular weight is 351 g/mol. The minimum Gasteiger partial charge on any atom is -0.507 e. The maximum absolute atomic E-state index is 12.1. The highest BCUT2D eigenvalue weighted by Crippen LogP contribution is 2.23. The lowest BCUT2D eigenvalue weighted by atomic mass is 10.2. The van der Waals surface area contributed by atoms with Crippen LogP contribution in [0.4, 0.5) is 0 Å². The van der Waals surface area contributed by atoms with Crippen LogP contribution in [0.3, 0.4) is 0 Å². The predicted octanol–water partition coefficient (Wildman–Crippen LogP) is 2.50. The van der Waals surface area contributed by atoms with Crippen molar-refractivity contribution in [1.29, 1.82) is 0 Å². The van der Waals surface area contributed by atoms with E-state index in [2.05, 4.69) is 27.4 Å². The zero-order valence-electron chi connectivity index (χ0n) is 11.8. The number of carbonyl (C=O) groups is 1. The second-order valence-corrected chi connectivity index (χ2v) is 5.87. The van der Waals surface area contributed by atoms with Crippen LogP contribution < -0.4 is 0 Å². The number of hydrogen-bond donors (Lipinski definition) is 1. The van der Waals surface area contributed by atoms with E-state index in [4.69, 9.17) is 0 Å². The van der Waals surface area contributed by atoms with E-state index in [-0.39, 0.29) is 11.7 Å². The number of carbonyl (C=O) groups excluding carboxylic acids is 1. The lowest BCUT2D eigenvalue weighted by molar-refractivity contribution is -0.127. The van der Waals surface area contributed by atoms with Crippen molar-refractivity contribution in [3.63, 3.8) is 0 Å². The first-order chi connectivity index (χ1) is 10.1. The smallest absolute Gasteiger partial charge is 0.246 e. The maximum atomic E-state index is 12.1. The largest absolute Gasteiger partial charge is 0.507 e. The Labute approximate surface area is 133 Å². The van der Waals surface area contributed by atoms with Crippen molar-refractivity contribution in [1.82, 2.24) is 9.80 Å². The fraction of sp³-hybridized carbons (Fsp3) is 0.312. The van der Waals surface area contributed by atoms with Gasteiger partial charge in [-0.25, -0.2) is 0 Å². The van der Waals surface area contributed by atoms with Crippen molar-refractivity contribution < 1.29 is 9.90 Å². The zero-order chi connectivity index (χ0) is 15.2. The summed E-state index contributed by atoms with van der Waals surface area (Å²) in [5.74, 6) is 0.144. The number of benzene rings is 1. The summed E-state index contributed by atoms with van der Waals surface area (Å²) in [6.45, 7) is 7.78. The van der Waals surface area contributed by atoms with Gasteiger partial charge in [0.2, 0.25) is 5.91 Å². The lowest BCUT2D eigenvalue weighted by Crippen LogP contribution is -2.48.